The quantitative estimate of drug-likeness (QED) is 0.373. The highest BCUT2D eigenvalue weighted by molar-refractivity contribution is 3.84. The fourth-order valence-electron chi connectivity index (χ4n) is 0. The molecule has 0 aliphatic rings. The second-order valence-electron chi connectivity index (χ2n) is 0.316. The van der Waals surface area contributed by atoms with Crippen molar-refractivity contribution in [2.24, 2.45) is 0 Å². The zero-order valence-electron chi connectivity index (χ0n) is 3.15. The van der Waals surface area contributed by atoms with E-state index in [9.17, 15) is 0 Å². The number of rotatable bonds is 0. The highest BCUT2D eigenvalue weighted by Gasteiger charge is 1.34. The van der Waals surface area contributed by atoms with Gasteiger partial charge in [-0.2, -0.15) is 0 Å². The van der Waals surface area contributed by atoms with E-state index in [-0.39, 0.29) is 17.6 Å². The van der Waals surface area contributed by atoms with Crippen LogP contribution in [0.15, 0.2) is 0 Å². The Morgan fingerprint density at radius 3 is 1.40 bits per heavy atom. The van der Waals surface area contributed by atoms with Crippen molar-refractivity contribution >= 4 is 0 Å². The van der Waals surface area contributed by atoms with E-state index in [0.717, 1.165) is 0 Å². The molecule has 0 saturated heterocycles. The van der Waals surface area contributed by atoms with Crippen molar-refractivity contribution in [1.29, 1.82) is 0 Å². The molecule has 0 radical (unpaired) electrons. The molecule has 0 saturated carbocycles. The van der Waals surface area contributed by atoms with Crippen LogP contribution in [0.4, 0.5) is 0 Å². The smallest absolute Gasteiger partial charge is 0.0402 e. The van der Waals surface area contributed by atoms with Crippen LogP contribution in [0.3, 0.4) is 0 Å². The van der Waals surface area contributed by atoms with Gasteiger partial charge in [0.1, 0.15) is 0 Å². The summed E-state index contributed by atoms with van der Waals surface area (Å²) in [5, 5.41) is 7.57. The molecule has 5 N–H and O–H groups in total. The topological polar surface area (TPSA) is 83.2 Å². The first-order chi connectivity index (χ1) is 1.41. The summed E-state index contributed by atoms with van der Waals surface area (Å²) in [6.07, 6.45) is 0. The summed E-state index contributed by atoms with van der Waals surface area (Å²) in [6.45, 7) is 1.93. The lowest BCUT2D eigenvalue weighted by molar-refractivity contribution is 0.318. The van der Waals surface area contributed by atoms with E-state index in [1.165, 1.54) is 0 Å². The Labute approximate surface area is 30.9 Å². The van der Waals surface area contributed by atoms with E-state index >= 15 is 0 Å². The van der Waals surface area contributed by atoms with Crippen LogP contribution in [0.5, 0.6) is 0 Å². The van der Waals surface area contributed by atoms with Gasteiger partial charge in [-0.25, -0.2) is 0 Å². The molecule has 0 rings (SSSR count). The number of aliphatic hydroxyl groups is 1. The lowest BCUT2D eigenvalue weighted by Gasteiger charge is -1.52. The molecule has 0 heterocycles. The molecule has 5 heavy (non-hydrogen) atoms. The van der Waals surface area contributed by atoms with Gasteiger partial charge >= 0.3 is 0 Å². The summed E-state index contributed by atoms with van der Waals surface area (Å²) in [5.41, 5.74) is 0. The Bertz CT molecular complexity index is 4.85. The van der Waals surface area contributed by atoms with Gasteiger partial charge in [-0.15, -0.1) is 0 Å². The second kappa shape index (κ2) is 41.6. The summed E-state index contributed by atoms with van der Waals surface area (Å²) in [4.78, 5) is 0. The van der Waals surface area contributed by atoms with Crippen LogP contribution >= 0.6 is 0 Å². The SMILES string of the molecule is CCO.O.O. The van der Waals surface area contributed by atoms with E-state index in [0.29, 0.717) is 0 Å². The van der Waals surface area contributed by atoms with Crippen molar-refractivity contribution in [2.75, 3.05) is 6.61 Å². The summed E-state index contributed by atoms with van der Waals surface area (Å²) in [5.74, 6) is 0. The molecule has 0 aromatic rings. The Morgan fingerprint density at radius 2 is 1.40 bits per heavy atom. The predicted octanol–water partition coefficient (Wildman–Crippen LogP) is -1.65. The first-order valence-corrected chi connectivity index (χ1v) is 1.02. The minimum atomic E-state index is 0. The average molecular weight is 82.1 g/mol. The highest BCUT2D eigenvalue weighted by Crippen LogP contribution is 1.30. The summed E-state index contributed by atoms with van der Waals surface area (Å²) >= 11 is 0. The number of hydrogen-bond acceptors (Lipinski definition) is 1. The molecule has 0 aliphatic heterocycles. The van der Waals surface area contributed by atoms with Crippen molar-refractivity contribution in [3.05, 3.63) is 0 Å². The van der Waals surface area contributed by atoms with Gasteiger partial charge in [0.05, 0.1) is 0 Å². The third-order valence-corrected chi connectivity index (χ3v) is 0. The molecule has 0 bridgehead atoms. The molecule has 0 spiro atoms. The molecule has 0 unspecified atom stereocenters. The molecule has 3 heteroatoms. The van der Waals surface area contributed by atoms with Crippen molar-refractivity contribution in [3.8, 4) is 0 Å². The van der Waals surface area contributed by atoms with Crippen LogP contribution in [0.1, 0.15) is 6.92 Å². The maximum atomic E-state index is 7.57. The molecule has 0 fully saturated rings. The van der Waals surface area contributed by atoms with Crippen LogP contribution in [-0.4, -0.2) is 22.7 Å². The first kappa shape index (κ1) is 20.8. The van der Waals surface area contributed by atoms with Gasteiger partial charge in [-0.3, -0.25) is 0 Å². The first-order valence-electron chi connectivity index (χ1n) is 1.02. The summed E-state index contributed by atoms with van der Waals surface area (Å²) < 4.78 is 0. The zero-order valence-corrected chi connectivity index (χ0v) is 3.15. The normalized spacial score (nSPS) is 3.60. The van der Waals surface area contributed by atoms with Gasteiger partial charge in [0.25, 0.3) is 0 Å². The lowest BCUT2D eigenvalue weighted by atomic mass is 10.9. The monoisotopic (exact) mass is 82.1 g/mol. The van der Waals surface area contributed by atoms with Crippen LogP contribution in [0, 0.1) is 0 Å². The maximum absolute atomic E-state index is 7.57. The molecule has 0 amide bonds. The van der Waals surface area contributed by atoms with Crippen LogP contribution < -0.4 is 0 Å². The number of hydrogen-bond donors (Lipinski definition) is 1. The fraction of sp³-hybridized carbons (Fsp3) is 1.00. The van der Waals surface area contributed by atoms with E-state index in [2.05, 4.69) is 0 Å². The van der Waals surface area contributed by atoms with Gasteiger partial charge in [0, 0.05) is 6.61 Å². The summed E-state index contributed by atoms with van der Waals surface area (Å²) in [6, 6.07) is 0. The van der Waals surface area contributed by atoms with Crippen molar-refractivity contribution < 1.29 is 16.1 Å². The van der Waals surface area contributed by atoms with Gasteiger partial charge in [-0.05, 0) is 6.92 Å². The predicted molar refractivity (Wildman–Crippen MR) is 20.0 cm³/mol. The largest absolute Gasteiger partial charge is 0.412 e. The van der Waals surface area contributed by atoms with Crippen LogP contribution in [-0.2, 0) is 0 Å². The van der Waals surface area contributed by atoms with Gasteiger partial charge in [0.15, 0.2) is 0 Å². The van der Waals surface area contributed by atoms with E-state index in [4.69, 9.17) is 5.11 Å². The molecular formula is C2H10O3. The Balaban J connectivity index is -0.0000000200. The second-order valence-corrected chi connectivity index (χ2v) is 0.316. The Hall–Kier alpha value is -0.120. The molecule has 36 valence electrons. The van der Waals surface area contributed by atoms with E-state index < -0.39 is 0 Å². The summed E-state index contributed by atoms with van der Waals surface area (Å²) in [7, 11) is 0. The third kappa shape index (κ3) is 952. The van der Waals surface area contributed by atoms with E-state index in [1.807, 2.05) is 0 Å². The molecule has 0 aromatic carbocycles. The van der Waals surface area contributed by atoms with Crippen molar-refractivity contribution in [1.82, 2.24) is 0 Å². The average Bonchev–Trinajstić information content (AvgIpc) is 0.918. The van der Waals surface area contributed by atoms with Crippen LogP contribution in [0.25, 0.3) is 0 Å². The van der Waals surface area contributed by atoms with E-state index in [1.54, 1.807) is 6.92 Å². The zero-order chi connectivity index (χ0) is 2.71. The number of aliphatic hydroxyl groups excluding tert-OH is 1. The van der Waals surface area contributed by atoms with Crippen molar-refractivity contribution in [2.45, 2.75) is 6.92 Å². The minimum Gasteiger partial charge on any atom is -0.412 e. The maximum Gasteiger partial charge on any atom is 0.0402 e. The molecular weight excluding hydrogens is 72.0 g/mol. The third-order valence-electron chi connectivity index (χ3n) is 0. The molecule has 0 atom stereocenters. The van der Waals surface area contributed by atoms with Gasteiger partial charge in [0.2, 0.25) is 0 Å². The molecule has 3 nitrogen and oxygen atoms in total. The lowest BCUT2D eigenvalue weighted by Crippen LogP contribution is -1.57. The standard InChI is InChI=1S/C2H6O.2H2O/c1-2-3;;/h3H,2H2,1H3;2*1H2. The Morgan fingerprint density at radius 1 is 1.40 bits per heavy atom. The van der Waals surface area contributed by atoms with Crippen molar-refractivity contribution in [3.63, 3.8) is 0 Å². The molecule has 0 aliphatic carbocycles. The van der Waals surface area contributed by atoms with Crippen LogP contribution in [0.2, 0.25) is 0 Å². The van der Waals surface area contributed by atoms with Gasteiger partial charge in [-0.1, -0.05) is 0 Å². The highest BCUT2D eigenvalue weighted by atomic mass is 16.2. The minimum absolute atomic E-state index is 0. The Kier molecular flexibility index (Phi) is 173. The molecule has 0 aromatic heterocycles. The fourth-order valence-corrected chi connectivity index (χ4v) is 0. The van der Waals surface area contributed by atoms with Gasteiger partial charge < -0.3 is 16.1 Å².